The van der Waals surface area contributed by atoms with E-state index in [0.29, 0.717) is 11.1 Å². The number of rotatable bonds is 4. The first-order chi connectivity index (χ1) is 9.16. The van der Waals surface area contributed by atoms with Crippen LogP contribution in [0, 0.1) is 0 Å². The lowest BCUT2D eigenvalue weighted by Gasteiger charge is -2.29. The van der Waals surface area contributed by atoms with Crippen molar-refractivity contribution in [1.82, 2.24) is 9.55 Å². The zero-order chi connectivity index (χ0) is 13.4. The molecule has 3 rings (SSSR count). The molecule has 0 atom stereocenters. The van der Waals surface area contributed by atoms with Gasteiger partial charge in [-0.15, -0.1) is 0 Å². The van der Waals surface area contributed by atoms with Crippen LogP contribution in [0.4, 0.5) is 0 Å². The van der Waals surface area contributed by atoms with Gasteiger partial charge in [-0.2, -0.15) is 0 Å². The summed E-state index contributed by atoms with van der Waals surface area (Å²) in [7, 11) is 0. The lowest BCUT2D eigenvalue weighted by Crippen LogP contribution is -2.18. The van der Waals surface area contributed by atoms with Gasteiger partial charge in [0.05, 0.1) is 21.8 Å². The molecular formula is C13H13ClN2O2S. The third kappa shape index (κ3) is 2.32. The smallest absolute Gasteiger partial charge is 0.313 e. The van der Waals surface area contributed by atoms with Gasteiger partial charge in [0.25, 0.3) is 0 Å². The minimum Gasteiger partial charge on any atom is -0.481 e. The summed E-state index contributed by atoms with van der Waals surface area (Å²) in [6.45, 7) is 0. The largest absolute Gasteiger partial charge is 0.481 e. The number of hydrogen-bond acceptors (Lipinski definition) is 3. The number of benzene rings is 1. The molecule has 0 radical (unpaired) electrons. The van der Waals surface area contributed by atoms with Crippen molar-refractivity contribution in [1.29, 1.82) is 0 Å². The second-order valence-electron chi connectivity index (χ2n) is 4.64. The Hall–Kier alpha value is -1.20. The van der Waals surface area contributed by atoms with Gasteiger partial charge in [-0.1, -0.05) is 29.4 Å². The van der Waals surface area contributed by atoms with Crippen molar-refractivity contribution in [3.8, 4) is 0 Å². The molecule has 19 heavy (non-hydrogen) atoms. The van der Waals surface area contributed by atoms with Gasteiger partial charge in [0, 0.05) is 6.04 Å². The minimum absolute atomic E-state index is 0.0215. The third-order valence-corrected chi connectivity index (χ3v) is 4.64. The van der Waals surface area contributed by atoms with E-state index < -0.39 is 5.97 Å². The molecule has 1 saturated carbocycles. The number of aromatic nitrogens is 2. The van der Waals surface area contributed by atoms with Crippen molar-refractivity contribution >= 4 is 40.4 Å². The van der Waals surface area contributed by atoms with Crippen molar-refractivity contribution < 1.29 is 9.90 Å². The van der Waals surface area contributed by atoms with Crippen LogP contribution in [0.25, 0.3) is 11.0 Å². The van der Waals surface area contributed by atoms with E-state index in [0.717, 1.165) is 29.0 Å². The number of halogens is 1. The molecule has 0 saturated heterocycles. The molecule has 100 valence electrons. The van der Waals surface area contributed by atoms with Crippen LogP contribution in [0.1, 0.15) is 25.3 Å². The average molecular weight is 297 g/mol. The van der Waals surface area contributed by atoms with Crippen LogP contribution in [-0.4, -0.2) is 26.4 Å². The monoisotopic (exact) mass is 296 g/mol. The molecule has 1 aromatic carbocycles. The summed E-state index contributed by atoms with van der Waals surface area (Å²) in [4.78, 5) is 15.3. The van der Waals surface area contributed by atoms with Gasteiger partial charge in [-0.05, 0) is 31.4 Å². The van der Waals surface area contributed by atoms with Crippen LogP contribution in [0.3, 0.4) is 0 Å². The standard InChI is InChI=1S/C13H13ClN2O2S/c14-9-5-2-6-10-12(9)16(8-3-1-4-8)13(15-10)19-7-11(17)18/h2,5-6,8H,1,3-4,7H2,(H,17,18). The van der Waals surface area contributed by atoms with Gasteiger partial charge in [0.2, 0.25) is 0 Å². The van der Waals surface area contributed by atoms with E-state index in [9.17, 15) is 4.79 Å². The van der Waals surface area contributed by atoms with Crippen molar-refractivity contribution in [3.63, 3.8) is 0 Å². The summed E-state index contributed by atoms with van der Waals surface area (Å²) in [5.74, 6) is -0.809. The van der Waals surface area contributed by atoms with Crippen LogP contribution in [0.5, 0.6) is 0 Å². The van der Waals surface area contributed by atoms with Crippen LogP contribution in [0.15, 0.2) is 23.4 Å². The highest BCUT2D eigenvalue weighted by Crippen LogP contribution is 2.39. The van der Waals surface area contributed by atoms with Crippen molar-refractivity contribution in [3.05, 3.63) is 23.2 Å². The first kappa shape index (κ1) is 12.8. The molecule has 1 heterocycles. The number of nitrogens with zero attached hydrogens (tertiary/aromatic N) is 2. The number of carbonyl (C=O) groups is 1. The fraction of sp³-hybridized carbons (Fsp3) is 0.385. The Kier molecular flexibility index (Phi) is 3.41. The predicted molar refractivity (Wildman–Crippen MR) is 76.0 cm³/mol. The molecule has 0 amide bonds. The van der Waals surface area contributed by atoms with Gasteiger partial charge in [0.15, 0.2) is 5.16 Å². The van der Waals surface area contributed by atoms with Crippen LogP contribution >= 0.6 is 23.4 Å². The van der Waals surface area contributed by atoms with Crippen molar-refractivity contribution in [2.75, 3.05) is 5.75 Å². The third-order valence-electron chi connectivity index (χ3n) is 3.39. The van der Waals surface area contributed by atoms with Crippen molar-refractivity contribution in [2.24, 2.45) is 0 Å². The van der Waals surface area contributed by atoms with Gasteiger partial charge >= 0.3 is 5.97 Å². The Morgan fingerprint density at radius 3 is 2.95 bits per heavy atom. The van der Waals surface area contributed by atoms with Crippen LogP contribution < -0.4 is 0 Å². The summed E-state index contributed by atoms with van der Waals surface area (Å²) in [5.41, 5.74) is 1.77. The number of para-hydroxylation sites is 1. The van der Waals surface area contributed by atoms with E-state index in [2.05, 4.69) is 9.55 Å². The lowest BCUT2D eigenvalue weighted by atomic mass is 9.93. The van der Waals surface area contributed by atoms with Crippen LogP contribution in [-0.2, 0) is 4.79 Å². The second-order valence-corrected chi connectivity index (χ2v) is 5.99. The van der Waals surface area contributed by atoms with Gasteiger partial charge in [-0.3, -0.25) is 4.79 Å². The zero-order valence-electron chi connectivity index (χ0n) is 10.2. The summed E-state index contributed by atoms with van der Waals surface area (Å²) >= 11 is 7.54. The Morgan fingerprint density at radius 1 is 1.53 bits per heavy atom. The molecule has 0 bridgehead atoms. The van der Waals surface area contributed by atoms with E-state index in [4.69, 9.17) is 16.7 Å². The Balaban J connectivity index is 2.09. The van der Waals surface area contributed by atoms with Gasteiger partial charge < -0.3 is 9.67 Å². The molecule has 2 aromatic rings. The number of aliphatic carboxylic acids is 1. The quantitative estimate of drug-likeness (QED) is 0.876. The molecule has 0 aliphatic heterocycles. The average Bonchev–Trinajstić information content (AvgIpc) is 2.65. The van der Waals surface area contributed by atoms with Gasteiger partial charge in [-0.25, -0.2) is 4.98 Å². The highest BCUT2D eigenvalue weighted by atomic mass is 35.5. The molecular weight excluding hydrogens is 284 g/mol. The number of hydrogen-bond donors (Lipinski definition) is 1. The second kappa shape index (κ2) is 5.06. The molecule has 0 unspecified atom stereocenters. The SMILES string of the molecule is O=C(O)CSc1nc2cccc(Cl)c2n1C1CCC1. The van der Waals surface area contributed by atoms with E-state index >= 15 is 0 Å². The molecule has 6 heteroatoms. The van der Waals surface area contributed by atoms with E-state index in [-0.39, 0.29) is 5.75 Å². The maximum absolute atomic E-state index is 10.7. The Labute approximate surface area is 119 Å². The Morgan fingerprint density at radius 2 is 2.32 bits per heavy atom. The minimum atomic E-state index is -0.830. The molecule has 1 fully saturated rings. The predicted octanol–water partition coefficient (Wildman–Crippen LogP) is 3.59. The number of thioether (sulfide) groups is 1. The fourth-order valence-electron chi connectivity index (χ4n) is 2.30. The molecule has 0 spiro atoms. The number of fused-ring (bicyclic) bond motifs is 1. The highest BCUT2D eigenvalue weighted by Gasteiger charge is 2.26. The zero-order valence-corrected chi connectivity index (χ0v) is 11.7. The lowest BCUT2D eigenvalue weighted by molar-refractivity contribution is -0.133. The topological polar surface area (TPSA) is 55.1 Å². The Bertz CT molecular complexity index is 637. The highest BCUT2D eigenvalue weighted by molar-refractivity contribution is 7.99. The van der Waals surface area contributed by atoms with E-state index in [1.165, 1.54) is 18.2 Å². The first-order valence-electron chi connectivity index (χ1n) is 6.18. The first-order valence-corrected chi connectivity index (χ1v) is 7.54. The molecule has 1 aliphatic rings. The summed E-state index contributed by atoms with van der Waals surface area (Å²) in [5, 5.41) is 10.3. The maximum atomic E-state index is 10.7. The number of imidazole rings is 1. The number of carboxylic acids is 1. The summed E-state index contributed by atoms with van der Waals surface area (Å²) < 4.78 is 2.12. The summed E-state index contributed by atoms with van der Waals surface area (Å²) in [6, 6.07) is 6.04. The normalized spacial score (nSPS) is 15.6. The molecule has 4 nitrogen and oxygen atoms in total. The summed E-state index contributed by atoms with van der Waals surface area (Å²) in [6.07, 6.45) is 3.42. The van der Waals surface area contributed by atoms with E-state index in [1.807, 2.05) is 18.2 Å². The van der Waals surface area contributed by atoms with Crippen LogP contribution in [0.2, 0.25) is 5.02 Å². The molecule has 1 aliphatic carbocycles. The molecule has 1 aromatic heterocycles. The van der Waals surface area contributed by atoms with Gasteiger partial charge in [0.1, 0.15) is 0 Å². The molecule has 1 N–H and O–H groups in total. The van der Waals surface area contributed by atoms with E-state index in [1.54, 1.807) is 0 Å². The van der Waals surface area contributed by atoms with Crippen molar-refractivity contribution in [2.45, 2.75) is 30.5 Å². The number of carboxylic acid groups (broad SMARTS) is 1. The maximum Gasteiger partial charge on any atom is 0.313 e. The fourth-order valence-corrected chi connectivity index (χ4v) is 3.35.